The number of halogens is 1. The molecule has 1 aliphatic heterocycles. The van der Waals surface area contributed by atoms with Crippen LogP contribution in [0.25, 0.3) is 0 Å². The Morgan fingerprint density at radius 2 is 2.17 bits per heavy atom. The molecule has 1 aromatic carbocycles. The monoisotopic (exact) mass is 388 g/mol. The lowest BCUT2D eigenvalue weighted by atomic mass is 9.93. The van der Waals surface area contributed by atoms with Crippen LogP contribution < -0.4 is 0 Å². The van der Waals surface area contributed by atoms with Crippen molar-refractivity contribution < 1.29 is 9.90 Å². The predicted octanol–water partition coefficient (Wildman–Crippen LogP) is 4.07. The van der Waals surface area contributed by atoms with Crippen LogP contribution in [-0.4, -0.2) is 33.5 Å². The Balaban J connectivity index is 1.95. The van der Waals surface area contributed by atoms with E-state index in [4.69, 9.17) is 0 Å². The molecule has 1 fully saturated rings. The topological polar surface area (TPSA) is 53.4 Å². The van der Waals surface area contributed by atoms with Gasteiger partial charge in [0.1, 0.15) is 6.04 Å². The smallest absolute Gasteiger partial charge is 0.320 e. The van der Waals surface area contributed by atoms with Crippen LogP contribution in [0.3, 0.4) is 0 Å². The first-order chi connectivity index (χ1) is 11.6. The van der Waals surface area contributed by atoms with Crippen molar-refractivity contribution in [1.29, 1.82) is 0 Å². The standard InChI is InChI=1S/C19H21BrN2O2/c20-15-7-5-6-14(12-15)18(13-16-8-1-3-10-21-16)22-11-4-2-9-17(22)19(23)24/h1,3,5-8,10,12,17-18H,2,4,9,11,13H2,(H,23,24). The van der Waals surface area contributed by atoms with Crippen molar-refractivity contribution in [1.82, 2.24) is 9.88 Å². The highest BCUT2D eigenvalue weighted by Crippen LogP contribution is 2.32. The molecule has 2 unspecified atom stereocenters. The first-order valence-corrected chi connectivity index (χ1v) is 9.08. The minimum absolute atomic E-state index is 0.0128. The molecule has 24 heavy (non-hydrogen) atoms. The maximum absolute atomic E-state index is 11.8. The summed E-state index contributed by atoms with van der Waals surface area (Å²) >= 11 is 3.53. The molecule has 0 aliphatic carbocycles. The molecule has 126 valence electrons. The number of aromatic nitrogens is 1. The van der Waals surface area contributed by atoms with Gasteiger partial charge < -0.3 is 5.11 Å². The molecule has 0 radical (unpaired) electrons. The Bertz CT molecular complexity index is 693. The van der Waals surface area contributed by atoms with Crippen molar-refractivity contribution in [2.75, 3.05) is 6.54 Å². The molecule has 4 nitrogen and oxygen atoms in total. The van der Waals surface area contributed by atoms with Gasteiger partial charge in [0, 0.05) is 28.8 Å². The molecule has 2 atom stereocenters. The summed E-state index contributed by atoms with van der Waals surface area (Å²) in [4.78, 5) is 18.3. The maximum atomic E-state index is 11.8. The summed E-state index contributed by atoms with van der Waals surface area (Å²) in [5.74, 6) is -0.726. The third-order valence-corrected chi connectivity index (χ3v) is 5.08. The Morgan fingerprint density at radius 1 is 1.29 bits per heavy atom. The van der Waals surface area contributed by atoms with Gasteiger partial charge in [0.05, 0.1) is 0 Å². The van der Waals surface area contributed by atoms with Crippen LogP contribution in [0.1, 0.15) is 36.6 Å². The lowest BCUT2D eigenvalue weighted by Crippen LogP contribution is -2.47. The Kier molecular flexibility index (Phi) is 5.63. The molecule has 1 aliphatic rings. The summed E-state index contributed by atoms with van der Waals surface area (Å²) in [5.41, 5.74) is 2.11. The third-order valence-electron chi connectivity index (χ3n) is 4.59. The van der Waals surface area contributed by atoms with Gasteiger partial charge in [-0.15, -0.1) is 0 Å². The van der Waals surface area contributed by atoms with Crippen molar-refractivity contribution in [3.05, 3.63) is 64.4 Å². The van der Waals surface area contributed by atoms with Crippen molar-refractivity contribution in [2.45, 2.75) is 37.8 Å². The molecule has 2 heterocycles. The number of likely N-dealkylation sites (tertiary alicyclic amines) is 1. The van der Waals surface area contributed by atoms with Gasteiger partial charge in [-0.2, -0.15) is 0 Å². The SMILES string of the molecule is O=C(O)C1CCCCN1C(Cc1ccccn1)c1cccc(Br)c1. The minimum atomic E-state index is -0.726. The van der Waals surface area contributed by atoms with Gasteiger partial charge in [0.2, 0.25) is 0 Å². The van der Waals surface area contributed by atoms with E-state index in [2.05, 4.69) is 37.9 Å². The number of pyridine rings is 1. The van der Waals surface area contributed by atoms with E-state index in [-0.39, 0.29) is 6.04 Å². The number of hydrogen-bond acceptors (Lipinski definition) is 3. The van der Waals surface area contributed by atoms with Gasteiger partial charge in [-0.25, -0.2) is 0 Å². The highest BCUT2D eigenvalue weighted by Gasteiger charge is 2.34. The molecule has 0 saturated carbocycles. The highest BCUT2D eigenvalue weighted by atomic mass is 79.9. The van der Waals surface area contributed by atoms with E-state index in [1.54, 1.807) is 6.20 Å². The van der Waals surface area contributed by atoms with E-state index >= 15 is 0 Å². The van der Waals surface area contributed by atoms with E-state index in [9.17, 15) is 9.90 Å². The zero-order valence-electron chi connectivity index (χ0n) is 13.4. The molecular weight excluding hydrogens is 368 g/mol. The van der Waals surface area contributed by atoms with Gasteiger partial charge in [-0.05, 0) is 49.2 Å². The lowest BCUT2D eigenvalue weighted by molar-refractivity contribution is -0.146. The summed E-state index contributed by atoms with van der Waals surface area (Å²) in [7, 11) is 0. The van der Waals surface area contributed by atoms with Crippen LogP contribution in [0.2, 0.25) is 0 Å². The predicted molar refractivity (Wildman–Crippen MR) is 96.8 cm³/mol. The summed E-state index contributed by atoms with van der Waals surface area (Å²) in [5, 5.41) is 9.66. The van der Waals surface area contributed by atoms with Gasteiger partial charge in [-0.1, -0.05) is 40.5 Å². The normalized spacial score (nSPS) is 19.8. The Hall–Kier alpha value is -1.72. The molecule has 1 aromatic heterocycles. The largest absolute Gasteiger partial charge is 0.480 e. The van der Waals surface area contributed by atoms with Crippen molar-refractivity contribution in [3.63, 3.8) is 0 Å². The summed E-state index contributed by atoms with van der Waals surface area (Å²) in [6.45, 7) is 0.807. The zero-order valence-corrected chi connectivity index (χ0v) is 15.0. The molecule has 0 amide bonds. The van der Waals surface area contributed by atoms with Crippen LogP contribution in [0, 0.1) is 0 Å². The lowest BCUT2D eigenvalue weighted by Gasteiger charge is -2.39. The molecular formula is C19H21BrN2O2. The van der Waals surface area contributed by atoms with E-state index in [0.717, 1.165) is 35.1 Å². The fraction of sp³-hybridized carbons (Fsp3) is 0.368. The molecule has 0 bridgehead atoms. The molecule has 3 rings (SSSR count). The molecule has 5 heteroatoms. The minimum Gasteiger partial charge on any atom is -0.480 e. The van der Waals surface area contributed by atoms with Crippen molar-refractivity contribution in [2.24, 2.45) is 0 Å². The second-order valence-electron chi connectivity index (χ2n) is 6.18. The second kappa shape index (κ2) is 7.90. The summed E-state index contributed by atoms with van der Waals surface area (Å²) in [6.07, 6.45) is 5.22. The summed E-state index contributed by atoms with van der Waals surface area (Å²) < 4.78 is 1.01. The van der Waals surface area contributed by atoms with Gasteiger partial charge in [0.25, 0.3) is 0 Å². The van der Waals surface area contributed by atoms with Crippen LogP contribution >= 0.6 is 15.9 Å². The van der Waals surface area contributed by atoms with Gasteiger partial charge in [0.15, 0.2) is 0 Å². The first kappa shape index (κ1) is 17.1. The average molecular weight is 389 g/mol. The van der Waals surface area contributed by atoms with Gasteiger partial charge in [-0.3, -0.25) is 14.7 Å². The van der Waals surface area contributed by atoms with Gasteiger partial charge >= 0.3 is 5.97 Å². The number of carboxylic acids is 1. The number of aliphatic carboxylic acids is 1. The molecule has 2 aromatic rings. The fourth-order valence-electron chi connectivity index (χ4n) is 3.45. The first-order valence-electron chi connectivity index (χ1n) is 8.29. The molecule has 0 spiro atoms. The number of nitrogens with zero attached hydrogens (tertiary/aromatic N) is 2. The van der Waals surface area contributed by atoms with Crippen LogP contribution in [0.4, 0.5) is 0 Å². The number of rotatable bonds is 5. The van der Waals surface area contributed by atoms with E-state index < -0.39 is 12.0 Å². The highest BCUT2D eigenvalue weighted by molar-refractivity contribution is 9.10. The maximum Gasteiger partial charge on any atom is 0.320 e. The van der Waals surface area contributed by atoms with E-state index in [1.165, 1.54) is 0 Å². The third kappa shape index (κ3) is 4.02. The number of carboxylic acid groups (broad SMARTS) is 1. The van der Waals surface area contributed by atoms with Crippen molar-refractivity contribution >= 4 is 21.9 Å². The van der Waals surface area contributed by atoms with Crippen LogP contribution in [0.15, 0.2) is 53.1 Å². The number of carbonyl (C=O) groups is 1. The number of piperidine rings is 1. The van der Waals surface area contributed by atoms with Crippen LogP contribution in [0.5, 0.6) is 0 Å². The van der Waals surface area contributed by atoms with Crippen LogP contribution in [-0.2, 0) is 11.2 Å². The average Bonchev–Trinajstić information content (AvgIpc) is 2.60. The molecule has 1 saturated heterocycles. The van der Waals surface area contributed by atoms with Crippen molar-refractivity contribution in [3.8, 4) is 0 Å². The molecule has 1 N–H and O–H groups in total. The Morgan fingerprint density at radius 3 is 2.88 bits per heavy atom. The van der Waals surface area contributed by atoms with E-state index in [0.29, 0.717) is 12.8 Å². The Labute approximate surface area is 150 Å². The fourth-order valence-corrected chi connectivity index (χ4v) is 3.87. The number of benzene rings is 1. The number of hydrogen-bond donors (Lipinski definition) is 1. The zero-order chi connectivity index (χ0) is 16.9. The second-order valence-corrected chi connectivity index (χ2v) is 7.10. The quantitative estimate of drug-likeness (QED) is 0.838. The van der Waals surface area contributed by atoms with E-state index in [1.807, 2.05) is 30.3 Å². The summed E-state index contributed by atoms with van der Waals surface area (Å²) in [6, 6.07) is 13.6.